The second-order valence-electron chi connectivity index (χ2n) is 4.34. The Morgan fingerprint density at radius 1 is 0.739 bits per heavy atom. The minimum Gasteiger partial charge on any atom is -0.475 e. The molecule has 0 saturated carbocycles. The molecular formula is C15H10Br2O6. The number of halogens is 2. The summed E-state index contributed by atoms with van der Waals surface area (Å²) in [5.41, 5.74) is 0. The first-order valence-electron chi connectivity index (χ1n) is 6.19. The summed E-state index contributed by atoms with van der Waals surface area (Å²) in [7, 11) is 0. The van der Waals surface area contributed by atoms with Crippen molar-refractivity contribution in [3.05, 3.63) is 57.5 Å². The highest BCUT2D eigenvalue weighted by Gasteiger charge is 2.53. The molecule has 0 bridgehead atoms. The van der Waals surface area contributed by atoms with Crippen LogP contribution in [0.2, 0.25) is 0 Å². The van der Waals surface area contributed by atoms with Gasteiger partial charge in [-0.05, 0) is 48.5 Å². The van der Waals surface area contributed by atoms with Gasteiger partial charge in [-0.15, -0.1) is 0 Å². The van der Waals surface area contributed by atoms with Gasteiger partial charge in [-0.3, -0.25) is 0 Å². The number of ether oxygens (including phenoxy) is 2. The zero-order valence-corrected chi connectivity index (χ0v) is 14.6. The van der Waals surface area contributed by atoms with Crippen LogP contribution in [0.1, 0.15) is 0 Å². The van der Waals surface area contributed by atoms with Gasteiger partial charge in [-0.1, -0.05) is 31.9 Å². The van der Waals surface area contributed by atoms with Crippen molar-refractivity contribution < 1.29 is 29.3 Å². The molecule has 0 aliphatic rings. The van der Waals surface area contributed by atoms with Gasteiger partial charge in [-0.2, -0.15) is 0 Å². The summed E-state index contributed by atoms with van der Waals surface area (Å²) in [5, 5.41) is 18.8. The van der Waals surface area contributed by atoms with Crippen LogP contribution in [0, 0.1) is 0 Å². The zero-order chi connectivity index (χ0) is 17.0. The molecule has 0 unspecified atom stereocenters. The van der Waals surface area contributed by atoms with E-state index in [2.05, 4.69) is 31.9 Å². The van der Waals surface area contributed by atoms with Crippen molar-refractivity contribution >= 4 is 43.8 Å². The van der Waals surface area contributed by atoms with Gasteiger partial charge < -0.3 is 19.7 Å². The van der Waals surface area contributed by atoms with E-state index in [-0.39, 0.29) is 11.5 Å². The van der Waals surface area contributed by atoms with Gasteiger partial charge in [0.25, 0.3) is 0 Å². The fourth-order valence-corrected chi connectivity index (χ4v) is 2.15. The lowest BCUT2D eigenvalue weighted by atomic mass is 10.2. The summed E-state index contributed by atoms with van der Waals surface area (Å²) < 4.78 is 11.8. The molecule has 6 nitrogen and oxygen atoms in total. The van der Waals surface area contributed by atoms with Crippen LogP contribution in [0.25, 0.3) is 0 Å². The predicted molar refractivity (Wildman–Crippen MR) is 87.5 cm³/mol. The highest BCUT2D eigenvalue weighted by Crippen LogP contribution is 2.26. The Hall–Kier alpha value is -2.06. The molecule has 0 fully saturated rings. The minimum atomic E-state index is -2.90. The topological polar surface area (TPSA) is 93.1 Å². The molecule has 2 aromatic carbocycles. The lowest BCUT2D eigenvalue weighted by molar-refractivity contribution is -0.201. The molecule has 0 saturated heterocycles. The summed E-state index contributed by atoms with van der Waals surface area (Å²) in [6.07, 6.45) is 0. The van der Waals surface area contributed by atoms with Gasteiger partial charge in [0.15, 0.2) is 0 Å². The lowest BCUT2D eigenvalue weighted by Gasteiger charge is -2.26. The SMILES string of the molecule is O=C(O)C(Oc1ccc(Br)cc1)(Oc1ccc(Br)cc1)C(=O)O. The normalized spacial score (nSPS) is 10.9. The first kappa shape index (κ1) is 17.3. The van der Waals surface area contributed by atoms with E-state index in [0.29, 0.717) is 0 Å². The van der Waals surface area contributed by atoms with E-state index in [1.165, 1.54) is 24.3 Å². The fourth-order valence-electron chi connectivity index (χ4n) is 1.62. The summed E-state index contributed by atoms with van der Waals surface area (Å²) >= 11 is 6.44. The Balaban J connectivity index is 2.38. The highest BCUT2D eigenvalue weighted by atomic mass is 79.9. The van der Waals surface area contributed by atoms with Crippen LogP contribution in [0.5, 0.6) is 11.5 Å². The van der Waals surface area contributed by atoms with Crippen LogP contribution < -0.4 is 9.47 Å². The second kappa shape index (κ2) is 7.01. The summed E-state index contributed by atoms with van der Waals surface area (Å²) in [4.78, 5) is 23.1. The van der Waals surface area contributed by atoms with Crippen LogP contribution in [0.3, 0.4) is 0 Å². The molecule has 0 aromatic heterocycles. The Morgan fingerprint density at radius 2 is 1.04 bits per heavy atom. The maximum atomic E-state index is 11.6. The monoisotopic (exact) mass is 444 g/mol. The van der Waals surface area contributed by atoms with Crippen LogP contribution in [-0.4, -0.2) is 27.9 Å². The molecule has 2 aromatic rings. The van der Waals surface area contributed by atoms with Crippen molar-refractivity contribution in [1.29, 1.82) is 0 Å². The molecule has 0 amide bonds. The maximum Gasteiger partial charge on any atom is 0.452 e. The van der Waals surface area contributed by atoms with Gasteiger partial charge in [0.2, 0.25) is 0 Å². The van der Waals surface area contributed by atoms with Crippen LogP contribution >= 0.6 is 31.9 Å². The average molecular weight is 446 g/mol. The first-order valence-corrected chi connectivity index (χ1v) is 7.78. The molecule has 0 spiro atoms. The smallest absolute Gasteiger partial charge is 0.452 e. The number of hydrogen-bond acceptors (Lipinski definition) is 4. The number of carboxylic acid groups (broad SMARTS) is 2. The number of rotatable bonds is 6. The Labute approximate surface area is 147 Å². The van der Waals surface area contributed by atoms with Crippen molar-refractivity contribution in [3.8, 4) is 11.5 Å². The number of hydrogen-bond donors (Lipinski definition) is 2. The molecule has 120 valence electrons. The van der Waals surface area contributed by atoms with Crippen LogP contribution in [-0.2, 0) is 9.59 Å². The third-order valence-corrected chi connectivity index (χ3v) is 3.77. The summed E-state index contributed by atoms with van der Waals surface area (Å²) in [5.74, 6) is -6.39. The molecule has 8 heteroatoms. The van der Waals surface area contributed by atoms with E-state index in [0.717, 1.165) is 8.95 Å². The number of carbonyl (C=O) groups is 2. The molecule has 2 N–H and O–H groups in total. The summed E-state index contributed by atoms with van der Waals surface area (Å²) in [6, 6.07) is 12.1. The molecule has 0 radical (unpaired) electrons. The van der Waals surface area contributed by atoms with Crippen molar-refractivity contribution in [3.63, 3.8) is 0 Å². The molecule has 0 heterocycles. The van der Waals surface area contributed by atoms with E-state index >= 15 is 0 Å². The first-order chi connectivity index (χ1) is 10.8. The number of carboxylic acids is 2. The Kier molecular flexibility index (Phi) is 5.27. The average Bonchev–Trinajstić information content (AvgIpc) is 2.50. The summed E-state index contributed by atoms with van der Waals surface area (Å²) in [6.45, 7) is 0. The van der Waals surface area contributed by atoms with Gasteiger partial charge in [-0.25, -0.2) is 9.59 Å². The van der Waals surface area contributed by atoms with E-state index in [1.807, 2.05) is 0 Å². The molecule has 23 heavy (non-hydrogen) atoms. The third-order valence-electron chi connectivity index (χ3n) is 2.71. The zero-order valence-electron chi connectivity index (χ0n) is 11.4. The quantitative estimate of drug-likeness (QED) is 0.521. The molecule has 0 aliphatic carbocycles. The third kappa shape index (κ3) is 4.02. The van der Waals surface area contributed by atoms with Crippen molar-refractivity contribution in [1.82, 2.24) is 0 Å². The largest absolute Gasteiger partial charge is 0.475 e. The Bertz CT molecular complexity index is 648. The number of aliphatic carboxylic acids is 2. The van der Waals surface area contributed by atoms with E-state index in [1.54, 1.807) is 24.3 Å². The minimum absolute atomic E-state index is 0.0371. The van der Waals surface area contributed by atoms with E-state index < -0.39 is 17.7 Å². The van der Waals surface area contributed by atoms with Crippen molar-refractivity contribution in [2.45, 2.75) is 5.79 Å². The van der Waals surface area contributed by atoms with Gasteiger partial charge in [0, 0.05) is 8.95 Å². The lowest BCUT2D eigenvalue weighted by Crippen LogP contribution is -2.56. The maximum absolute atomic E-state index is 11.6. The van der Waals surface area contributed by atoms with Gasteiger partial charge in [0.05, 0.1) is 0 Å². The van der Waals surface area contributed by atoms with Crippen LogP contribution in [0.4, 0.5) is 0 Å². The molecule has 2 rings (SSSR count). The van der Waals surface area contributed by atoms with Crippen LogP contribution in [0.15, 0.2) is 57.5 Å². The Morgan fingerprint density at radius 3 is 1.30 bits per heavy atom. The van der Waals surface area contributed by atoms with Crippen molar-refractivity contribution in [2.24, 2.45) is 0 Å². The van der Waals surface area contributed by atoms with E-state index in [4.69, 9.17) is 9.47 Å². The van der Waals surface area contributed by atoms with Gasteiger partial charge >= 0.3 is 17.7 Å². The second-order valence-corrected chi connectivity index (χ2v) is 6.17. The standard InChI is InChI=1S/C15H10Br2O6/c16-9-1-5-11(6-2-9)22-15(13(18)19,14(20)21)23-12-7-3-10(17)4-8-12/h1-8H,(H,18,19)(H,20,21). The predicted octanol–water partition coefficient (Wildman–Crippen LogP) is 3.53. The van der Waals surface area contributed by atoms with E-state index in [9.17, 15) is 19.8 Å². The molecular weight excluding hydrogens is 436 g/mol. The molecule has 0 aliphatic heterocycles. The van der Waals surface area contributed by atoms with Crippen molar-refractivity contribution in [2.75, 3.05) is 0 Å². The molecule has 0 atom stereocenters. The highest BCUT2D eigenvalue weighted by molar-refractivity contribution is 9.10. The van der Waals surface area contributed by atoms with Gasteiger partial charge in [0.1, 0.15) is 11.5 Å². The fraction of sp³-hybridized carbons (Fsp3) is 0.0667. The number of benzene rings is 2.